The fourth-order valence-corrected chi connectivity index (χ4v) is 3.10. The number of benzene rings is 1. The third kappa shape index (κ3) is 5.35. The summed E-state index contributed by atoms with van der Waals surface area (Å²) in [5, 5.41) is 9.07. The van der Waals surface area contributed by atoms with E-state index in [1.807, 2.05) is 43.8 Å². The Kier molecular flexibility index (Phi) is 6.27. The molecule has 3 N–H and O–H groups in total. The van der Waals surface area contributed by atoms with E-state index in [2.05, 4.69) is 16.0 Å². The van der Waals surface area contributed by atoms with Gasteiger partial charge >= 0.3 is 0 Å². The Morgan fingerprint density at radius 1 is 1.32 bits per heavy atom. The zero-order valence-electron chi connectivity index (χ0n) is 13.0. The van der Waals surface area contributed by atoms with Crippen LogP contribution in [0.25, 0.3) is 0 Å². The SMILES string of the molecule is CC(C)C(=O)Nc1cccc(NC(=O)CC2CSCCN2)c1. The van der Waals surface area contributed by atoms with E-state index in [1.165, 1.54) is 0 Å². The van der Waals surface area contributed by atoms with Gasteiger partial charge in [-0.05, 0) is 18.2 Å². The molecule has 0 aliphatic carbocycles. The number of hydrogen-bond donors (Lipinski definition) is 3. The molecule has 1 aromatic carbocycles. The van der Waals surface area contributed by atoms with Crippen molar-refractivity contribution in [1.29, 1.82) is 0 Å². The molecule has 1 heterocycles. The summed E-state index contributed by atoms with van der Waals surface area (Å²) in [4.78, 5) is 23.8. The fraction of sp³-hybridized carbons (Fsp3) is 0.500. The molecule has 1 aliphatic heterocycles. The second-order valence-corrected chi connectivity index (χ2v) is 6.85. The Balaban J connectivity index is 1.89. The van der Waals surface area contributed by atoms with Gasteiger partial charge in [0.25, 0.3) is 0 Å². The number of carbonyl (C=O) groups is 2. The third-order valence-corrected chi connectivity index (χ3v) is 4.50. The number of hydrogen-bond acceptors (Lipinski definition) is 4. The molecule has 0 spiro atoms. The van der Waals surface area contributed by atoms with Crippen LogP contribution in [0.15, 0.2) is 24.3 Å². The summed E-state index contributed by atoms with van der Waals surface area (Å²) in [6, 6.07) is 7.48. The highest BCUT2D eigenvalue weighted by Gasteiger charge is 2.16. The first kappa shape index (κ1) is 16.8. The first-order valence-electron chi connectivity index (χ1n) is 7.56. The Morgan fingerprint density at radius 3 is 2.68 bits per heavy atom. The van der Waals surface area contributed by atoms with E-state index in [0.29, 0.717) is 17.8 Å². The summed E-state index contributed by atoms with van der Waals surface area (Å²) in [6.45, 7) is 4.64. The highest BCUT2D eigenvalue weighted by atomic mass is 32.2. The van der Waals surface area contributed by atoms with Gasteiger partial charge in [-0.1, -0.05) is 19.9 Å². The molecule has 1 unspecified atom stereocenters. The first-order chi connectivity index (χ1) is 10.5. The van der Waals surface area contributed by atoms with E-state index in [9.17, 15) is 9.59 Å². The highest BCUT2D eigenvalue weighted by Crippen LogP contribution is 2.17. The Hall–Kier alpha value is -1.53. The van der Waals surface area contributed by atoms with Crippen LogP contribution < -0.4 is 16.0 Å². The van der Waals surface area contributed by atoms with Gasteiger partial charge in [-0.3, -0.25) is 9.59 Å². The van der Waals surface area contributed by atoms with Crippen LogP contribution in [0.5, 0.6) is 0 Å². The highest BCUT2D eigenvalue weighted by molar-refractivity contribution is 7.99. The molecular weight excluding hydrogens is 298 g/mol. The van der Waals surface area contributed by atoms with Gasteiger partial charge in [0.15, 0.2) is 0 Å². The molecule has 2 rings (SSSR count). The Morgan fingerprint density at radius 2 is 2.05 bits per heavy atom. The second-order valence-electron chi connectivity index (χ2n) is 5.70. The second kappa shape index (κ2) is 8.19. The van der Waals surface area contributed by atoms with Gasteiger partial charge in [0.1, 0.15) is 0 Å². The van der Waals surface area contributed by atoms with Crippen molar-refractivity contribution in [3.8, 4) is 0 Å². The average Bonchev–Trinajstić information content (AvgIpc) is 2.48. The van der Waals surface area contributed by atoms with Crippen molar-refractivity contribution in [2.75, 3.05) is 28.7 Å². The molecule has 1 fully saturated rings. The zero-order chi connectivity index (χ0) is 15.9. The van der Waals surface area contributed by atoms with Crippen molar-refractivity contribution < 1.29 is 9.59 Å². The van der Waals surface area contributed by atoms with Gasteiger partial charge < -0.3 is 16.0 Å². The molecule has 5 nitrogen and oxygen atoms in total. The van der Waals surface area contributed by atoms with Crippen molar-refractivity contribution in [2.45, 2.75) is 26.3 Å². The molecule has 0 aromatic heterocycles. The summed E-state index contributed by atoms with van der Waals surface area (Å²) in [7, 11) is 0. The van der Waals surface area contributed by atoms with Crippen molar-refractivity contribution in [3.05, 3.63) is 24.3 Å². The molecule has 6 heteroatoms. The van der Waals surface area contributed by atoms with Crippen LogP contribution in [0.2, 0.25) is 0 Å². The minimum atomic E-state index is -0.0758. The maximum absolute atomic E-state index is 12.1. The van der Waals surface area contributed by atoms with Crippen LogP contribution in [0, 0.1) is 5.92 Å². The van der Waals surface area contributed by atoms with Crippen LogP contribution >= 0.6 is 11.8 Å². The lowest BCUT2D eigenvalue weighted by Gasteiger charge is -2.22. The molecule has 2 amide bonds. The van der Waals surface area contributed by atoms with Gasteiger partial charge in [-0.15, -0.1) is 0 Å². The largest absolute Gasteiger partial charge is 0.326 e. The maximum Gasteiger partial charge on any atom is 0.226 e. The van der Waals surface area contributed by atoms with E-state index >= 15 is 0 Å². The van der Waals surface area contributed by atoms with Gasteiger partial charge in [0.05, 0.1) is 0 Å². The lowest BCUT2D eigenvalue weighted by atomic mass is 10.2. The number of thioether (sulfide) groups is 1. The molecule has 0 radical (unpaired) electrons. The van der Waals surface area contributed by atoms with E-state index in [-0.39, 0.29) is 23.8 Å². The number of nitrogens with one attached hydrogen (secondary N) is 3. The molecular formula is C16H23N3O2S. The number of amides is 2. The predicted molar refractivity (Wildman–Crippen MR) is 92.3 cm³/mol. The van der Waals surface area contributed by atoms with Crippen LogP contribution in [0.4, 0.5) is 11.4 Å². The molecule has 22 heavy (non-hydrogen) atoms. The van der Waals surface area contributed by atoms with Crippen LogP contribution in [0.1, 0.15) is 20.3 Å². The summed E-state index contributed by atoms with van der Waals surface area (Å²) >= 11 is 1.87. The summed E-state index contributed by atoms with van der Waals surface area (Å²) in [6.07, 6.45) is 0.468. The van der Waals surface area contributed by atoms with Crippen LogP contribution in [-0.2, 0) is 9.59 Å². The number of carbonyl (C=O) groups excluding carboxylic acids is 2. The minimum Gasteiger partial charge on any atom is -0.326 e. The fourth-order valence-electron chi connectivity index (χ4n) is 2.15. The summed E-state index contributed by atoms with van der Waals surface area (Å²) < 4.78 is 0. The van der Waals surface area contributed by atoms with Crippen LogP contribution in [-0.4, -0.2) is 35.9 Å². The van der Waals surface area contributed by atoms with E-state index < -0.39 is 0 Å². The molecule has 0 saturated carbocycles. The van der Waals surface area contributed by atoms with E-state index in [1.54, 1.807) is 6.07 Å². The van der Waals surface area contributed by atoms with Crippen LogP contribution in [0.3, 0.4) is 0 Å². The summed E-state index contributed by atoms with van der Waals surface area (Å²) in [5.74, 6) is 1.96. The molecule has 120 valence electrons. The number of anilines is 2. The average molecular weight is 321 g/mol. The normalized spacial score (nSPS) is 18.0. The third-order valence-electron chi connectivity index (χ3n) is 3.37. The molecule has 1 saturated heterocycles. The molecule has 1 aliphatic rings. The topological polar surface area (TPSA) is 70.2 Å². The van der Waals surface area contributed by atoms with Gasteiger partial charge in [-0.2, -0.15) is 11.8 Å². The molecule has 0 bridgehead atoms. The first-order valence-corrected chi connectivity index (χ1v) is 8.72. The van der Waals surface area contributed by atoms with Gasteiger partial charge in [-0.25, -0.2) is 0 Å². The predicted octanol–water partition coefficient (Wildman–Crippen LogP) is 2.31. The monoisotopic (exact) mass is 321 g/mol. The maximum atomic E-state index is 12.1. The lowest BCUT2D eigenvalue weighted by Crippen LogP contribution is -2.39. The van der Waals surface area contributed by atoms with Crippen molar-refractivity contribution in [3.63, 3.8) is 0 Å². The Labute approximate surface area is 135 Å². The quantitative estimate of drug-likeness (QED) is 0.778. The molecule has 1 atom stereocenters. The van der Waals surface area contributed by atoms with Gasteiger partial charge in [0, 0.05) is 47.8 Å². The van der Waals surface area contributed by atoms with Gasteiger partial charge in [0.2, 0.25) is 11.8 Å². The lowest BCUT2D eigenvalue weighted by molar-refractivity contribution is -0.119. The smallest absolute Gasteiger partial charge is 0.226 e. The Bertz CT molecular complexity index is 528. The standard InChI is InChI=1S/C16H23N3O2S/c1-11(2)16(21)19-13-5-3-4-12(8-13)18-15(20)9-14-10-22-7-6-17-14/h3-5,8,11,14,17H,6-7,9-10H2,1-2H3,(H,18,20)(H,19,21). The van der Waals surface area contributed by atoms with E-state index in [0.717, 1.165) is 18.1 Å². The zero-order valence-corrected chi connectivity index (χ0v) is 13.8. The summed E-state index contributed by atoms with van der Waals surface area (Å²) in [5.41, 5.74) is 1.40. The number of rotatable bonds is 5. The van der Waals surface area contributed by atoms with Crippen molar-refractivity contribution in [1.82, 2.24) is 5.32 Å². The molecule has 1 aromatic rings. The van der Waals surface area contributed by atoms with E-state index in [4.69, 9.17) is 0 Å². The van der Waals surface area contributed by atoms with Crippen molar-refractivity contribution in [2.24, 2.45) is 5.92 Å². The van der Waals surface area contributed by atoms with Crippen molar-refractivity contribution >= 4 is 35.0 Å². The minimum absolute atomic E-state index is 0.00710.